The molecule has 176 valence electrons. The maximum Gasteiger partial charge on any atom is 0.417 e. The summed E-state index contributed by atoms with van der Waals surface area (Å²) in [7, 11) is -2.23. The fourth-order valence-electron chi connectivity index (χ4n) is 3.91. The molecule has 1 aromatic rings. The molecule has 1 heterocycles. The van der Waals surface area contributed by atoms with Gasteiger partial charge < -0.3 is 9.16 Å². The number of ether oxygens (including phenoxy) is 1. The van der Waals surface area contributed by atoms with Gasteiger partial charge in [0, 0.05) is 10.8 Å². The molecule has 0 radical (unpaired) electrons. The Labute approximate surface area is 190 Å². The van der Waals surface area contributed by atoms with Crippen LogP contribution in [0.2, 0.25) is 18.1 Å². The molecule has 1 aliphatic rings. The van der Waals surface area contributed by atoms with Crippen molar-refractivity contribution in [3.05, 3.63) is 57.8 Å². The van der Waals surface area contributed by atoms with Crippen molar-refractivity contribution >= 4 is 20.3 Å². The Morgan fingerprint density at radius 2 is 1.88 bits per heavy atom. The van der Waals surface area contributed by atoms with Crippen LogP contribution < -0.4 is 0 Å². The first-order chi connectivity index (χ1) is 15.3. The number of imide groups is 1. The Morgan fingerprint density at radius 3 is 2.41 bits per heavy atom. The first-order valence-corrected chi connectivity index (χ1v) is 13.9. The average Bonchev–Trinajstić information content (AvgIpc) is 3.20. The van der Waals surface area contributed by atoms with Crippen molar-refractivity contribution < 1.29 is 23.7 Å². The molecule has 0 unspecified atom stereocenters. The summed E-state index contributed by atoms with van der Waals surface area (Å²) in [6.45, 7) is 7.96. The van der Waals surface area contributed by atoms with Gasteiger partial charge in [0.1, 0.15) is 12.6 Å². The molecule has 1 aliphatic heterocycles. The molecule has 0 aliphatic carbocycles. The molecule has 1 aromatic carbocycles. The van der Waals surface area contributed by atoms with Gasteiger partial charge in [-0.2, -0.15) is 0 Å². The number of benzene rings is 1. The summed E-state index contributed by atoms with van der Waals surface area (Å²) in [5, 5.41) is 11.0. The second-order valence-corrected chi connectivity index (χ2v) is 12.8. The van der Waals surface area contributed by atoms with Gasteiger partial charge in [0.15, 0.2) is 5.76 Å². The smallest absolute Gasteiger partial charge is 0.417 e. The van der Waals surface area contributed by atoms with Gasteiger partial charge in [0.25, 0.3) is 14.2 Å². The van der Waals surface area contributed by atoms with Crippen LogP contribution in [0.1, 0.15) is 52.1 Å². The predicted molar refractivity (Wildman–Crippen MR) is 124 cm³/mol. The van der Waals surface area contributed by atoms with Crippen LogP contribution in [-0.2, 0) is 14.0 Å². The number of cyclic esters (lactones) is 1. The molecule has 0 spiro atoms. The van der Waals surface area contributed by atoms with Crippen molar-refractivity contribution in [1.29, 1.82) is 0 Å². The van der Waals surface area contributed by atoms with Gasteiger partial charge in [-0.1, -0.05) is 58.0 Å². The van der Waals surface area contributed by atoms with E-state index in [0.29, 0.717) is 12.8 Å². The number of rotatable bonds is 12. The molecule has 2 rings (SSSR count). The molecule has 0 N–H and O–H groups in total. The zero-order chi connectivity index (χ0) is 23.7. The van der Waals surface area contributed by atoms with Crippen LogP contribution in [0.4, 0.5) is 4.79 Å². The standard InChI is InChI=1S/C23H34N2O6Si/c1-5-18(16-24(28)29)14-15-21(31-32(6-2,7-3)8-4)22(26)25-20(17-30-23(25)27)19-12-10-9-11-13-19/h9-13,15,18,20H,5-8,14,16-17H2,1-4H3/b21-15-/t18-,20+/m1/s1. The fraction of sp³-hybridized carbons (Fsp3) is 0.565. The van der Waals surface area contributed by atoms with E-state index in [-0.39, 0.29) is 29.8 Å². The largest absolute Gasteiger partial charge is 0.540 e. The molecule has 0 bridgehead atoms. The first-order valence-electron chi connectivity index (χ1n) is 11.4. The summed E-state index contributed by atoms with van der Waals surface area (Å²) >= 11 is 0. The Bertz CT molecular complexity index is 817. The van der Waals surface area contributed by atoms with Crippen molar-refractivity contribution in [2.24, 2.45) is 5.92 Å². The molecular formula is C23H34N2O6Si. The van der Waals surface area contributed by atoms with Crippen LogP contribution in [0, 0.1) is 16.0 Å². The summed E-state index contributed by atoms with van der Waals surface area (Å²) < 4.78 is 11.6. The monoisotopic (exact) mass is 462 g/mol. The van der Waals surface area contributed by atoms with Gasteiger partial charge in [-0.05, 0) is 42.6 Å². The van der Waals surface area contributed by atoms with Gasteiger partial charge in [-0.25, -0.2) is 9.69 Å². The lowest BCUT2D eigenvalue weighted by molar-refractivity contribution is -0.488. The van der Waals surface area contributed by atoms with E-state index in [0.717, 1.165) is 28.6 Å². The Hall–Kier alpha value is -2.68. The van der Waals surface area contributed by atoms with Crippen LogP contribution in [0.3, 0.4) is 0 Å². The van der Waals surface area contributed by atoms with E-state index in [1.807, 2.05) is 37.3 Å². The number of hydrogen-bond acceptors (Lipinski definition) is 6. The van der Waals surface area contributed by atoms with Crippen molar-refractivity contribution in [2.75, 3.05) is 13.2 Å². The summed E-state index contributed by atoms with van der Waals surface area (Å²) in [6, 6.07) is 11.2. The van der Waals surface area contributed by atoms with Crippen LogP contribution in [0.25, 0.3) is 0 Å². The van der Waals surface area contributed by atoms with Gasteiger partial charge in [-0.15, -0.1) is 0 Å². The van der Waals surface area contributed by atoms with E-state index in [2.05, 4.69) is 20.8 Å². The molecule has 0 aromatic heterocycles. The Balaban J connectivity index is 2.40. The molecule has 32 heavy (non-hydrogen) atoms. The summed E-state index contributed by atoms with van der Waals surface area (Å²) in [6.07, 6.45) is 1.89. The maximum atomic E-state index is 13.6. The van der Waals surface area contributed by atoms with Crippen molar-refractivity contribution in [3.63, 3.8) is 0 Å². The number of carbonyl (C=O) groups excluding carboxylic acids is 2. The van der Waals surface area contributed by atoms with Crippen LogP contribution >= 0.6 is 0 Å². The second-order valence-electron chi connectivity index (χ2n) is 8.12. The summed E-state index contributed by atoms with van der Waals surface area (Å²) in [4.78, 5) is 37.9. The third-order valence-corrected chi connectivity index (χ3v) is 10.9. The van der Waals surface area contributed by atoms with Gasteiger partial charge in [-0.3, -0.25) is 14.9 Å². The molecule has 9 heteroatoms. The van der Waals surface area contributed by atoms with Crippen LogP contribution in [0.15, 0.2) is 42.2 Å². The lowest BCUT2D eigenvalue weighted by atomic mass is 10.0. The lowest BCUT2D eigenvalue weighted by Crippen LogP contribution is -2.41. The fourth-order valence-corrected chi connectivity index (χ4v) is 6.48. The quantitative estimate of drug-likeness (QED) is 0.137. The van der Waals surface area contributed by atoms with E-state index < -0.39 is 26.4 Å². The van der Waals surface area contributed by atoms with Gasteiger partial charge >= 0.3 is 6.09 Å². The normalized spacial score (nSPS) is 17.8. The third-order valence-electron chi connectivity index (χ3n) is 6.37. The number of hydrogen-bond donors (Lipinski definition) is 0. The molecule has 0 saturated carbocycles. The highest BCUT2D eigenvalue weighted by Gasteiger charge is 2.42. The second kappa shape index (κ2) is 11.8. The van der Waals surface area contributed by atoms with E-state index in [1.54, 1.807) is 6.08 Å². The summed E-state index contributed by atoms with van der Waals surface area (Å²) in [5.41, 5.74) is 0.802. The minimum Gasteiger partial charge on any atom is -0.540 e. The SMILES string of the molecule is CC[C@H](C/C=C(\O[Si](CC)(CC)CC)C(=O)N1C(=O)OC[C@H]1c1ccccc1)C[N+](=O)[O-]. The van der Waals surface area contributed by atoms with E-state index >= 15 is 0 Å². The molecule has 2 amide bonds. The topological polar surface area (TPSA) is 99.0 Å². The van der Waals surface area contributed by atoms with Gasteiger partial charge in [0.2, 0.25) is 6.54 Å². The number of nitro groups is 1. The molecule has 1 fully saturated rings. The van der Waals surface area contributed by atoms with Crippen molar-refractivity contribution in [3.8, 4) is 0 Å². The maximum absolute atomic E-state index is 13.6. The van der Waals surface area contributed by atoms with Crippen LogP contribution in [0.5, 0.6) is 0 Å². The minimum atomic E-state index is -2.23. The third kappa shape index (κ3) is 6.18. The summed E-state index contributed by atoms with van der Waals surface area (Å²) in [5.74, 6) is -0.638. The van der Waals surface area contributed by atoms with Crippen molar-refractivity contribution in [2.45, 2.75) is 64.7 Å². The zero-order valence-corrected chi connectivity index (χ0v) is 20.4. The van der Waals surface area contributed by atoms with Crippen molar-refractivity contribution in [1.82, 2.24) is 4.90 Å². The van der Waals surface area contributed by atoms with E-state index in [4.69, 9.17) is 9.16 Å². The average molecular weight is 463 g/mol. The van der Waals surface area contributed by atoms with Gasteiger partial charge in [0.05, 0.1) is 0 Å². The number of nitrogens with zero attached hydrogens (tertiary/aromatic N) is 2. The Kier molecular flexibility index (Phi) is 9.43. The van der Waals surface area contributed by atoms with E-state index in [1.165, 1.54) is 0 Å². The Morgan fingerprint density at radius 1 is 1.25 bits per heavy atom. The number of allylic oxidation sites excluding steroid dienone is 1. The van der Waals surface area contributed by atoms with Crippen LogP contribution in [-0.4, -0.2) is 43.3 Å². The minimum absolute atomic E-state index is 0.0820. The first kappa shape index (κ1) is 25.6. The van der Waals surface area contributed by atoms with E-state index in [9.17, 15) is 19.7 Å². The zero-order valence-electron chi connectivity index (χ0n) is 19.4. The lowest BCUT2D eigenvalue weighted by Gasteiger charge is -2.31. The highest BCUT2D eigenvalue weighted by atomic mass is 28.4. The molecular weight excluding hydrogens is 428 g/mol. The molecule has 8 nitrogen and oxygen atoms in total. The number of amides is 2. The predicted octanol–water partition coefficient (Wildman–Crippen LogP) is 5.31. The molecule has 2 atom stereocenters. The highest BCUT2D eigenvalue weighted by molar-refractivity contribution is 6.74. The molecule has 1 saturated heterocycles. The number of carbonyl (C=O) groups is 2. The highest BCUT2D eigenvalue weighted by Crippen LogP contribution is 2.32.